The Balaban J connectivity index is 2.27. The van der Waals surface area contributed by atoms with Gasteiger partial charge in [0, 0.05) is 29.4 Å². The predicted octanol–water partition coefficient (Wildman–Crippen LogP) is 1.94. The van der Waals surface area contributed by atoms with Gasteiger partial charge in [-0.25, -0.2) is 4.68 Å². The van der Waals surface area contributed by atoms with Gasteiger partial charge in [-0.05, 0) is 6.07 Å². The number of hydrogen-bond acceptors (Lipinski definition) is 2. The van der Waals surface area contributed by atoms with Crippen LogP contribution >= 0.6 is 0 Å². The van der Waals surface area contributed by atoms with Crippen LogP contribution in [0.4, 0.5) is 5.82 Å². The molecule has 2 heterocycles. The number of benzene rings is 1. The van der Waals surface area contributed by atoms with Crippen LogP contribution in [0.3, 0.4) is 0 Å². The minimum atomic E-state index is 0.528. The van der Waals surface area contributed by atoms with Crippen molar-refractivity contribution in [3.8, 4) is 5.69 Å². The lowest BCUT2D eigenvalue weighted by atomic mass is 10.2. The monoisotopic (exact) mass is 198 g/mol. The first kappa shape index (κ1) is 8.11. The molecule has 3 aromatic rings. The molecule has 0 atom stereocenters. The van der Waals surface area contributed by atoms with Crippen LogP contribution in [0, 0.1) is 0 Å². The number of nitrogens with one attached hydrogen (secondary N) is 1. The lowest BCUT2D eigenvalue weighted by Gasteiger charge is -1.97. The quantitative estimate of drug-likeness (QED) is 0.627. The summed E-state index contributed by atoms with van der Waals surface area (Å²) in [4.78, 5) is 3.19. The molecule has 4 nitrogen and oxygen atoms in total. The average Bonchev–Trinajstić information content (AvgIpc) is 2.83. The van der Waals surface area contributed by atoms with E-state index in [0.29, 0.717) is 5.82 Å². The molecule has 0 unspecified atom stereocenters. The number of nitrogens with zero attached hydrogens (tertiary/aromatic N) is 2. The fraction of sp³-hybridized carbons (Fsp3) is 0. The molecule has 0 aliphatic heterocycles. The van der Waals surface area contributed by atoms with E-state index in [9.17, 15) is 0 Å². The van der Waals surface area contributed by atoms with Gasteiger partial charge in [0.25, 0.3) is 0 Å². The average molecular weight is 198 g/mol. The summed E-state index contributed by atoms with van der Waals surface area (Å²) in [5, 5.41) is 5.32. The van der Waals surface area contributed by atoms with Crippen molar-refractivity contribution in [1.82, 2.24) is 14.8 Å². The molecule has 4 heteroatoms. The largest absolute Gasteiger partial charge is 0.382 e. The first-order valence-electron chi connectivity index (χ1n) is 4.72. The summed E-state index contributed by atoms with van der Waals surface area (Å²) in [6.07, 6.45) is 3.78. The van der Waals surface area contributed by atoms with Crippen LogP contribution in [0.25, 0.3) is 16.6 Å². The van der Waals surface area contributed by atoms with Crippen LogP contribution in [0.1, 0.15) is 0 Å². The Morgan fingerprint density at radius 3 is 2.87 bits per heavy atom. The topological polar surface area (TPSA) is 59.6 Å². The minimum Gasteiger partial charge on any atom is -0.382 e. The van der Waals surface area contributed by atoms with E-state index in [0.717, 1.165) is 16.6 Å². The molecule has 74 valence electrons. The number of para-hydroxylation sites is 1. The molecule has 0 radical (unpaired) electrons. The van der Waals surface area contributed by atoms with E-state index in [1.165, 1.54) is 0 Å². The number of nitrogen functional groups attached to an aromatic ring is 1. The van der Waals surface area contributed by atoms with Gasteiger partial charge < -0.3 is 10.7 Å². The van der Waals surface area contributed by atoms with Crippen molar-refractivity contribution in [3.05, 3.63) is 42.7 Å². The molecule has 0 saturated heterocycles. The Bertz CT molecular complexity index is 606. The van der Waals surface area contributed by atoms with Crippen LogP contribution in [0.5, 0.6) is 0 Å². The van der Waals surface area contributed by atoms with E-state index in [-0.39, 0.29) is 0 Å². The molecule has 1 aromatic carbocycles. The Labute approximate surface area is 86.3 Å². The second-order valence-corrected chi connectivity index (χ2v) is 3.40. The van der Waals surface area contributed by atoms with Gasteiger partial charge >= 0.3 is 0 Å². The summed E-state index contributed by atoms with van der Waals surface area (Å²) < 4.78 is 1.77. The molecule has 0 saturated carbocycles. The number of aromatic amines is 1. The number of anilines is 1. The predicted molar refractivity (Wildman–Crippen MR) is 59.8 cm³/mol. The van der Waals surface area contributed by atoms with Crippen molar-refractivity contribution < 1.29 is 0 Å². The molecule has 0 fully saturated rings. The standard InChI is InChI=1S/C11H10N4/c12-11-5-6-15(14-11)10-7-13-9-4-2-1-3-8(9)10/h1-7,13H,(H2,12,14). The summed E-state index contributed by atoms with van der Waals surface area (Å²) >= 11 is 0. The van der Waals surface area contributed by atoms with Crippen molar-refractivity contribution in [3.63, 3.8) is 0 Å². The zero-order chi connectivity index (χ0) is 10.3. The molecule has 0 amide bonds. The number of aromatic nitrogens is 3. The molecule has 3 N–H and O–H groups in total. The summed E-state index contributed by atoms with van der Waals surface area (Å²) in [7, 11) is 0. The molecular weight excluding hydrogens is 188 g/mol. The number of hydrogen-bond donors (Lipinski definition) is 2. The number of H-pyrrole nitrogens is 1. The van der Waals surface area contributed by atoms with Crippen molar-refractivity contribution >= 4 is 16.7 Å². The Kier molecular flexibility index (Phi) is 1.56. The van der Waals surface area contributed by atoms with E-state index in [2.05, 4.69) is 16.1 Å². The van der Waals surface area contributed by atoms with Gasteiger partial charge in [-0.15, -0.1) is 0 Å². The Morgan fingerprint density at radius 1 is 1.20 bits per heavy atom. The van der Waals surface area contributed by atoms with E-state index >= 15 is 0 Å². The SMILES string of the molecule is Nc1ccn(-c2c[nH]c3ccccc23)n1. The fourth-order valence-corrected chi connectivity index (χ4v) is 1.72. The highest BCUT2D eigenvalue weighted by molar-refractivity contribution is 5.87. The van der Waals surface area contributed by atoms with Gasteiger partial charge in [0.1, 0.15) is 5.82 Å². The maximum Gasteiger partial charge on any atom is 0.145 e. The third-order valence-electron chi connectivity index (χ3n) is 2.42. The van der Waals surface area contributed by atoms with Gasteiger partial charge in [0.05, 0.1) is 5.69 Å². The second kappa shape index (κ2) is 2.88. The smallest absolute Gasteiger partial charge is 0.145 e. The van der Waals surface area contributed by atoms with E-state index < -0.39 is 0 Å². The van der Waals surface area contributed by atoms with E-state index in [1.54, 1.807) is 10.7 Å². The van der Waals surface area contributed by atoms with Gasteiger partial charge in [0.2, 0.25) is 0 Å². The Hall–Kier alpha value is -2.23. The number of fused-ring (bicyclic) bond motifs is 1. The van der Waals surface area contributed by atoms with Gasteiger partial charge in [0.15, 0.2) is 0 Å². The first-order chi connectivity index (χ1) is 7.34. The third-order valence-corrected chi connectivity index (χ3v) is 2.42. The fourth-order valence-electron chi connectivity index (χ4n) is 1.72. The maximum atomic E-state index is 5.59. The van der Waals surface area contributed by atoms with Crippen molar-refractivity contribution in [2.45, 2.75) is 0 Å². The normalized spacial score (nSPS) is 10.9. The Morgan fingerprint density at radius 2 is 2.07 bits per heavy atom. The summed E-state index contributed by atoms with van der Waals surface area (Å²) in [5.41, 5.74) is 7.70. The van der Waals surface area contributed by atoms with Crippen LogP contribution in [0.2, 0.25) is 0 Å². The van der Waals surface area contributed by atoms with Gasteiger partial charge in [-0.2, -0.15) is 5.10 Å². The summed E-state index contributed by atoms with van der Waals surface area (Å²) in [5.74, 6) is 0.528. The van der Waals surface area contributed by atoms with Crippen LogP contribution in [0.15, 0.2) is 42.7 Å². The summed E-state index contributed by atoms with van der Waals surface area (Å²) in [6, 6.07) is 9.87. The molecule has 3 rings (SSSR count). The number of rotatable bonds is 1. The maximum absolute atomic E-state index is 5.59. The summed E-state index contributed by atoms with van der Waals surface area (Å²) in [6.45, 7) is 0. The first-order valence-corrected chi connectivity index (χ1v) is 4.72. The zero-order valence-corrected chi connectivity index (χ0v) is 8.01. The molecule has 15 heavy (non-hydrogen) atoms. The van der Waals surface area contributed by atoms with E-state index in [4.69, 9.17) is 5.73 Å². The highest BCUT2D eigenvalue weighted by Crippen LogP contribution is 2.21. The van der Waals surface area contributed by atoms with Crippen LogP contribution in [-0.4, -0.2) is 14.8 Å². The minimum absolute atomic E-state index is 0.528. The van der Waals surface area contributed by atoms with Crippen LogP contribution < -0.4 is 5.73 Å². The second-order valence-electron chi connectivity index (χ2n) is 3.40. The molecule has 0 aliphatic carbocycles. The third kappa shape index (κ3) is 1.19. The molecule has 2 aromatic heterocycles. The van der Waals surface area contributed by atoms with Gasteiger partial charge in [-0.1, -0.05) is 18.2 Å². The molecular formula is C11H10N4. The molecule has 0 bridgehead atoms. The number of nitrogens with two attached hydrogens (primary N) is 1. The van der Waals surface area contributed by atoms with E-state index in [1.807, 2.05) is 30.6 Å². The van der Waals surface area contributed by atoms with Crippen molar-refractivity contribution in [2.75, 3.05) is 5.73 Å². The lowest BCUT2D eigenvalue weighted by Crippen LogP contribution is -1.94. The zero-order valence-electron chi connectivity index (χ0n) is 8.01. The molecule has 0 spiro atoms. The lowest BCUT2D eigenvalue weighted by molar-refractivity contribution is 0.893. The van der Waals surface area contributed by atoms with Gasteiger partial charge in [-0.3, -0.25) is 0 Å². The molecule has 0 aliphatic rings. The van der Waals surface area contributed by atoms with Crippen molar-refractivity contribution in [2.24, 2.45) is 0 Å². The highest BCUT2D eigenvalue weighted by Gasteiger charge is 2.05. The van der Waals surface area contributed by atoms with Crippen molar-refractivity contribution in [1.29, 1.82) is 0 Å². The highest BCUT2D eigenvalue weighted by atomic mass is 15.3. The van der Waals surface area contributed by atoms with Crippen LogP contribution in [-0.2, 0) is 0 Å².